The van der Waals surface area contributed by atoms with Crippen LogP contribution in [0.1, 0.15) is 0 Å². The monoisotopic (exact) mass is 310 g/mol. The van der Waals surface area contributed by atoms with Gasteiger partial charge in [-0.15, -0.1) is 0 Å². The predicted octanol–water partition coefficient (Wildman–Crippen LogP) is 3.92. The molecule has 0 bridgehead atoms. The summed E-state index contributed by atoms with van der Waals surface area (Å²) < 4.78 is 19.5. The standard InChI is InChI=1S/C13H12BrFN2O/c1-18-13-5-3-9(7-10(13)14)17-12-4-2-8(16)6-11(12)15/h2-7,17H,16H2,1H3. The van der Waals surface area contributed by atoms with Crippen LogP contribution in [0.4, 0.5) is 21.5 Å². The molecule has 0 aromatic heterocycles. The molecule has 0 heterocycles. The maximum atomic E-state index is 13.6. The second-order valence-electron chi connectivity index (χ2n) is 3.71. The average molecular weight is 311 g/mol. The van der Waals surface area contributed by atoms with Crippen LogP contribution in [0.25, 0.3) is 0 Å². The van der Waals surface area contributed by atoms with Gasteiger partial charge >= 0.3 is 0 Å². The van der Waals surface area contributed by atoms with Crippen LogP contribution in [-0.4, -0.2) is 7.11 Å². The number of rotatable bonds is 3. The lowest BCUT2D eigenvalue weighted by Gasteiger charge is -2.10. The van der Waals surface area contributed by atoms with Crippen LogP contribution in [0.15, 0.2) is 40.9 Å². The zero-order valence-electron chi connectivity index (χ0n) is 9.71. The van der Waals surface area contributed by atoms with E-state index in [2.05, 4.69) is 21.2 Å². The van der Waals surface area contributed by atoms with E-state index in [1.807, 2.05) is 6.07 Å². The number of benzene rings is 2. The molecule has 0 amide bonds. The number of nitrogen functional groups attached to an aromatic ring is 1. The molecule has 0 unspecified atom stereocenters. The SMILES string of the molecule is COc1ccc(Nc2ccc(N)cc2F)cc1Br. The molecule has 0 fully saturated rings. The molecule has 94 valence electrons. The Bertz CT molecular complexity index is 575. The molecule has 3 N–H and O–H groups in total. The highest BCUT2D eigenvalue weighted by atomic mass is 79.9. The van der Waals surface area contributed by atoms with Crippen molar-refractivity contribution in [1.82, 2.24) is 0 Å². The lowest BCUT2D eigenvalue weighted by Crippen LogP contribution is -1.96. The van der Waals surface area contributed by atoms with Crippen molar-refractivity contribution in [2.45, 2.75) is 0 Å². The van der Waals surface area contributed by atoms with Crippen molar-refractivity contribution in [1.29, 1.82) is 0 Å². The number of anilines is 3. The maximum Gasteiger partial charge on any atom is 0.148 e. The zero-order valence-corrected chi connectivity index (χ0v) is 11.3. The summed E-state index contributed by atoms with van der Waals surface area (Å²) in [6.45, 7) is 0. The van der Waals surface area contributed by atoms with Gasteiger partial charge in [-0.3, -0.25) is 0 Å². The summed E-state index contributed by atoms with van der Waals surface area (Å²) in [5.41, 5.74) is 7.02. The largest absolute Gasteiger partial charge is 0.496 e. The molecule has 5 heteroatoms. The van der Waals surface area contributed by atoms with Crippen molar-refractivity contribution in [2.24, 2.45) is 0 Å². The molecule has 2 aromatic rings. The van der Waals surface area contributed by atoms with Gasteiger partial charge < -0.3 is 15.8 Å². The third kappa shape index (κ3) is 2.73. The minimum Gasteiger partial charge on any atom is -0.496 e. The third-order valence-corrected chi connectivity index (χ3v) is 3.04. The molecule has 2 rings (SSSR count). The molecule has 0 spiro atoms. The first-order valence-electron chi connectivity index (χ1n) is 5.26. The van der Waals surface area contributed by atoms with Gasteiger partial charge in [0.15, 0.2) is 0 Å². The zero-order chi connectivity index (χ0) is 13.1. The first kappa shape index (κ1) is 12.7. The number of ether oxygens (including phenoxy) is 1. The lowest BCUT2D eigenvalue weighted by atomic mass is 10.2. The summed E-state index contributed by atoms with van der Waals surface area (Å²) >= 11 is 3.37. The average Bonchev–Trinajstić information content (AvgIpc) is 2.33. The molecule has 0 saturated heterocycles. The van der Waals surface area contributed by atoms with Crippen LogP contribution in [0, 0.1) is 5.82 Å². The van der Waals surface area contributed by atoms with Gasteiger partial charge in [0.2, 0.25) is 0 Å². The topological polar surface area (TPSA) is 47.3 Å². The van der Waals surface area contributed by atoms with Crippen molar-refractivity contribution < 1.29 is 9.13 Å². The predicted molar refractivity (Wildman–Crippen MR) is 74.8 cm³/mol. The van der Waals surface area contributed by atoms with Crippen molar-refractivity contribution in [3.8, 4) is 5.75 Å². The Balaban J connectivity index is 2.26. The van der Waals surface area contributed by atoms with E-state index < -0.39 is 0 Å². The summed E-state index contributed by atoms with van der Waals surface area (Å²) in [7, 11) is 1.59. The van der Waals surface area contributed by atoms with E-state index in [0.717, 1.165) is 15.9 Å². The second kappa shape index (κ2) is 5.27. The molecule has 0 aliphatic rings. The highest BCUT2D eigenvalue weighted by Crippen LogP contribution is 2.30. The Morgan fingerprint density at radius 1 is 1.22 bits per heavy atom. The number of nitrogens with one attached hydrogen (secondary N) is 1. The summed E-state index contributed by atoms with van der Waals surface area (Å²) in [5.74, 6) is 0.334. The fraction of sp³-hybridized carbons (Fsp3) is 0.0769. The van der Waals surface area contributed by atoms with E-state index in [0.29, 0.717) is 11.4 Å². The number of hydrogen-bond donors (Lipinski definition) is 2. The number of nitrogens with two attached hydrogens (primary N) is 1. The van der Waals surface area contributed by atoms with Crippen molar-refractivity contribution in [3.63, 3.8) is 0 Å². The van der Waals surface area contributed by atoms with Crippen LogP contribution >= 0.6 is 15.9 Å². The Hall–Kier alpha value is -1.75. The fourth-order valence-corrected chi connectivity index (χ4v) is 2.07. The van der Waals surface area contributed by atoms with E-state index in [1.165, 1.54) is 6.07 Å². The van der Waals surface area contributed by atoms with Crippen LogP contribution in [0.3, 0.4) is 0 Å². The van der Waals surface area contributed by atoms with Gasteiger partial charge in [-0.1, -0.05) is 0 Å². The maximum absolute atomic E-state index is 13.6. The highest BCUT2D eigenvalue weighted by molar-refractivity contribution is 9.10. The molecule has 3 nitrogen and oxygen atoms in total. The first-order valence-corrected chi connectivity index (χ1v) is 6.05. The molecule has 2 aromatic carbocycles. The van der Waals surface area contributed by atoms with Crippen molar-refractivity contribution in [2.75, 3.05) is 18.2 Å². The van der Waals surface area contributed by atoms with E-state index in [4.69, 9.17) is 10.5 Å². The smallest absolute Gasteiger partial charge is 0.148 e. The van der Waals surface area contributed by atoms with Gasteiger partial charge in [0.05, 0.1) is 17.3 Å². The van der Waals surface area contributed by atoms with Crippen LogP contribution in [-0.2, 0) is 0 Å². The quantitative estimate of drug-likeness (QED) is 0.845. The normalized spacial score (nSPS) is 10.2. The molecule has 18 heavy (non-hydrogen) atoms. The Morgan fingerprint density at radius 3 is 2.61 bits per heavy atom. The van der Waals surface area contributed by atoms with Gasteiger partial charge in [0.25, 0.3) is 0 Å². The van der Waals surface area contributed by atoms with E-state index in [1.54, 1.807) is 31.4 Å². The minimum absolute atomic E-state index is 0.376. The summed E-state index contributed by atoms with van der Waals surface area (Å²) in [6.07, 6.45) is 0. The Kier molecular flexibility index (Phi) is 3.72. The summed E-state index contributed by atoms with van der Waals surface area (Å²) in [6, 6.07) is 9.93. The van der Waals surface area contributed by atoms with Crippen LogP contribution in [0.2, 0.25) is 0 Å². The fourth-order valence-electron chi connectivity index (χ4n) is 1.53. The molecule has 0 radical (unpaired) electrons. The molecule has 0 saturated carbocycles. The summed E-state index contributed by atoms with van der Waals surface area (Å²) in [4.78, 5) is 0. The van der Waals surface area contributed by atoms with Crippen LogP contribution < -0.4 is 15.8 Å². The number of hydrogen-bond acceptors (Lipinski definition) is 3. The Labute approximate surface area is 113 Å². The lowest BCUT2D eigenvalue weighted by molar-refractivity contribution is 0.412. The van der Waals surface area contributed by atoms with Crippen LogP contribution in [0.5, 0.6) is 5.75 Å². The summed E-state index contributed by atoms with van der Waals surface area (Å²) in [5, 5.41) is 2.98. The van der Waals surface area contributed by atoms with Gasteiger partial charge in [0.1, 0.15) is 11.6 Å². The van der Waals surface area contributed by atoms with Gasteiger partial charge in [0, 0.05) is 11.4 Å². The Morgan fingerprint density at radius 2 is 2.00 bits per heavy atom. The minimum atomic E-state index is -0.387. The van der Waals surface area contributed by atoms with Gasteiger partial charge in [-0.2, -0.15) is 0 Å². The second-order valence-corrected chi connectivity index (χ2v) is 4.57. The number of halogens is 2. The molecule has 0 aliphatic carbocycles. The molecular weight excluding hydrogens is 299 g/mol. The van der Waals surface area contributed by atoms with Gasteiger partial charge in [-0.25, -0.2) is 4.39 Å². The number of methoxy groups -OCH3 is 1. The molecule has 0 atom stereocenters. The first-order chi connectivity index (χ1) is 8.60. The molecule has 0 aliphatic heterocycles. The van der Waals surface area contributed by atoms with Gasteiger partial charge in [-0.05, 0) is 52.3 Å². The van der Waals surface area contributed by atoms with E-state index in [-0.39, 0.29) is 5.82 Å². The molecular formula is C13H12BrFN2O. The third-order valence-electron chi connectivity index (χ3n) is 2.42. The van der Waals surface area contributed by atoms with Crippen molar-refractivity contribution in [3.05, 3.63) is 46.7 Å². The van der Waals surface area contributed by atoms with E-state index >= 15 is 0 Å². The van der Waals surface area contributed by atoms with Crippen molar-refractivity contribution >= 4 is 33.0 Å². The van der Waals surface area contributed by atoms with E-state index in [9.17, 15) is 4.39 Å². The highest BCUT2D eigenvalue weighted by Gasteiger charge is 2.05.